The Kier molecular flexibility index (Phi) is 6.92. The molecule has 8 atom stereocenters. The summed E-state index contributed by atoms with van der Waals surface area (Å²) in [6.45, 7) is 9.45. The van der Waals surface area contributed by atoms with Gasteiger partial charge < -0.3 is 30.1 Å². The molecule has 1 aliphatic carbocycles. The third-order valence-corrected chi connectivity index (χ3v) is 6.97. The van der Waals surface area contributed by atoms with Crippen LogP contribution in [-0.4, -0.2) is 47.6 Å². The van der Waals surface area contributed by atoms with Crippen LogP contribution < -0.4 is 11.6 Å². The fourth-order valence-corrected chi connectivity index (χ4v) is 5.48. The van der Waals surface area contributed by atoms with Gasteiger partial charge in [0.1, 0.15) is 5.60 Å². The summed E-state index contributed by atoms with van der Waals surface area (Å²) >= 11 is 0. The van der Waals surface area contributed by atoms with Crippen molar-refractivity contribution in [1.29, 1.82) is 0 Å². The van der Waals surface area contributed by atoms with E-state index in [1.54, 1.807) is 11.2 Å². The number of nitrogens with two attached hydrogens (primary N) is 2. The van der Waals surface area contributed by atoms with E-state index in [1.165, 1.54) is 0 Å². The van der Waals surface area contributed by atoms with Crippen molar-refractivity contribution in [1.82, 2.24) is 5.01 Å². The van der Waals surface area contributed by atoms with Gasteiger partial charge in [0.25, 0.3) is 0 Å². The summed E-state index contributed by atoms with van der Waals surface area (Å²) in [4.78, 5) is 0. The molecule has 0 aromatic rings. The molecule has 3 fully saturated rings. The molecule has 0 unspecified atom stereocenters. The van der Waals surface area contributed by atoms with Gasteiger partial charge in [0, 0.05) is 24.6 Å². The van der Waals surface area contributed by atoms with Crippen LogP contribution >= 0.6 is 0 Å². The minimum absolute atomic E-state index is 0.0608. The Morgan fingerprint density at radius 1 is 1.18 bits per heavy atom. The number of ether oxygens (including phenoxy) is 3. The molecular weight excluding hydrogens is 358 g/mol. The Morgan fingerprint density at radius 2 is 1.89 bits per heavy atom. The SMILES string of the molecule is CCCN(N)/C=C(\N)CO[C@@H]1O[C@@H]2O[C@@H](C)CC[C@H]3[C@H](C)CC[C@@H]([C@H]1C)[C@@]23O. The van der Waals surface area contributed by atoms with E-state index in [9.17, 15) is 5.11 Å². The number of rotatable bonds is 6. The van der Waals surface area contributed by atoms with Crippen LogP contribution in [0.5, 0.6) is 0 Å². The molecule has 0 bridgehead atoms. The van der Waals surface area contributed by atoms with E-state index in [0.29, 0.717) is 11.6 Å². The highest BCUT2D eigenvalue weighted by atomic mass is 16.8. The lowest BCUT2D eigenvalue weighted by atomic mass is 9.58. The summed E-state index contributed by atoms with van der Waals surface area (Å²) in [5.74, 6) is 6.71. The number of nitrogens with zero attached hydrogens (tertiary/aromatic N) is 1. The highest BCUT2D eigenvalue weighted by molar-refractivity contribution is 5.06. The lowest BCUT2D eigenvalue weighted by Crippen LogP contribution is -2.66. The average molecular weight is 398 g/mol. The van der Waals surface area contributed by atoms with Gasteiger partial charge >= 0.3 is 0 Å². The number of hydrazine groups is 1. The van der Waals surface area contributed by atoms with E-state index in [2.05, 4.69) is 27.7 Å². The second-order valence-corrected chi connectivity index (χ2v) is 9.13. The first kappa shape index (κ1) is 21.8. The minimum Gasteiger partial charge on any atom is -0.399 e. The minimum atomic E-state index is -0.946. The molecule has 7 heteroatoms. The van der Waals surface area contributed by atoms with Crippen molar-refractivity contribution >= 4 is 0 Å². The number of aliphatic hydroxyl groups is 1. The molecule has 2 saturated heterocycles. The molecule has 2 aliphatic heterocycles. The van der Waals surface area contributed by atoms with Gasteiger partial charge in [0.2, 0.25) is 0 Å². The Bertz CT molecular complexity index is 560. The van der Waals surface area contributed by atoms with Crippen molar-refractivity contribution in [3.63, 3.8) is 0 Å². The molecule has 0 amide bonds. The summed E-state index contributed by atoms with van der Waals surface area (Å²) in [5.41, 5.74) is 5.68. The summed E-state index contributed by atoms with van der Waals surface area (Å²) in [6, 6.07) is 0. The third-order valence-electron chi connectivity index (χ3n) is 6.97. The van der Waals surface area contributed by atoms with Gasteiger partial charge in [0.15, 0.2) is 12.6 Å². The van der Waals surface area contributed by atoms with Crippen molar-refractivity contribution in [3.05, 3.63) is 11.9 Å². The fourth-order valence-electron chi connectivity index (χ4n) is 5.48. The monoisotopic (exact) mass is 397 g/mol. The van der Waals surface area contributed by atoms with Crippen molar-refractivity contribution in [2.45, 2.75) is 84.1 Å². The Labute approximate surface area is 169 Å². The zero-order chi connectivity index (χ0) is 20.5. The zero-order valence-corrected chi connectivity index (χ0v) is 17.8. The summed E-state index contributed by atoms with van der Waals surface area (Å²) in [6.07, 6.45) is 5.61. The topological polar surface area (TPSA) is 103 Å². The summed E-state index contributed by atoms with van der Waals surface area (Å²) in [7, 11) is 0. The standard InChI is InChI=1S/C21H39N3O4/c1-5-10-24(23)11-16(22)12-26-19-15(4)18-8-6-13(2)17-9-7-14(3)27-20(28-19)21(17,18)25/h11,13-15,17-20,25H,5-10,12,22-23H2,1-4H3/b16-11-/t13-,14+,15-,17+,18+,19-,20+,21-/m1/s1. The Balaban J connectivity index is 1.73. The first-order valence-corrected chi connectivity index (χ1v) is 10.9. The normalized spacial score (nSPS) is 43.9. The van der Waals surface area contributed by atoms with Crippen molar-refractivity contribution in [2.24, 2.45) is 35.2 Å². The van der Waals surface area contributed by atoms with Crippen LogP contribution in [0.15, 0.2) is 11.9 Å². The molecular formula is C21H39N3O4. The molecule has 3 aliphatic rings. The zero-order valence-electron chi connectivity index (χ0n) is 17.8. The van der Waals surface area contributed by atoms with Gasteiger partial charge in [-0.3, -0.25) is 0 Å². The Morgan fingerprint density at radius 3 is 2.61 bits per heavy atom. The van der Waals surface area contributed by atoms with Crippen LogP contribution in [0, 0.1) is 23.7 Å². The van der Waals surface area contributed by atoms with Crippen molar-refractivity contribution < 1.29 is 19.3 Å². The second-order valence-electron chi connectivity index (χ2n) is 9.13. The number of hydrogen-bond acceptors (Lipinski definition) is 7. The van der Waals surface area contributed by atoms with Crippen LogP contribution in [0.2, 0.25) is 0 Å². The maximum atomic E-state index is 11.8. The van der Waals surface area contributed by atoms with Crippen LogP contribution in [-0.2, 0) is 14.2 Å². The van der Waals surface area contributed by atoms with E-state index in [1.807, 2.05) is 0 Å². The van der Waals surface area contributed by atoms with Crippen molar-refractivity contribution in [3.8, 4) is 0 Å². The van der Waals surface area contributed by atoms with Crippen LogP contribution in [0.4, 0.5) is 0 Å². The maximum absolute atomic E-state index is 11.8. The molecule has 3 rings (SSSR count). The van der Waals surface area contributed by atoms with E-state index in [-0.39, 0.29) is 30.5 Å². The first-order valence-electron chi connectivity index (χ1n) is 10.9. The highest BCUT2D eigenvalue weighted by Gasteiger charge is 2.62. The predicted octanol–water partition coefficient (Wildman–Crippen LogP) is 2.30. The molecule has 7 nitrogen and oxygen atoms in total. The van der Waals surface area contributed by atoms with Gasteiger partial charge in [-0.25, -0.2) is 5.84 Å². The van der Waals surface area contributed by atoms with Crippen LogP contribution in [0.1, 0.15) is 59.8 Å². The third kappa shape index (κ3) is 4.19. The average Bonchev–Trinajstić information content (AvgIpc) is 2.75. The van der Waals surface area contributed by atoms with E-state index >= 15 is 0 Å². The van der Waals surface area contributed by atoms with E-state index in [4.69, 9.17) is 25.8 Å². The molecule has 28 heavy (non-hydrogen) atoms. The number of hydrogen-bond donors (Lipinski definition) is 3. The largest absolute Gasteiger partial charge is 0.399 e. The smallest absolute Gasteiger partial charge is 0.190 e. The quantitative estimate of drug-likeness (QED) is 0.467. The first-order chi connectivity index (χ1) is 13.3. The van der Waals surface area contributed by atoms with Gasteiger partial charge in [-0.15, -0.1) is 0 Å². The highest BCUT2D eigenvalue weighted by Crippen LogP contribution is 2.54. The van der Waals surface area contributed by atoms with E-state index in [0.717, 1.165) is 38.6 Å². The molecule has 0 aromatic heterocycles. The van der Waals surface area contributed by atoms with Gasteiger partial charge in [-0.2, -0.15) is 0 Å². The van der Waals surface area contributed by atoms with Gasteiger partial charge in [-0.05, 0) is 50.9 Å². The molecule has 5 N–H and O–H groups in total. The van der Waals surface area contributed by atoms with E-state index < -0.39 is 18.2 Å². The van der Waals surface area contributed by atoms with Crippen LogP contribution in [0.3, 0.4) is 0 Å². The Hall–Kier alpha value is -0.860. The van der Waals surface area contributed by atoms with Crippen molar-refractivity contribution in [2.75, 3.05) is 13.2 Å². The molecule has 0 radical (unpaired) electrons. The van der Waals surface area contributed by atoms with Gasteiger partial charge in [-0.1, -0.05) is 20.8 Å². The van der Waals surface area contributed by atoms with Crippen LogP contribution in [0.25, 0.3) is 0 Å². The van der Waals surface area contributed by atoms with Gasteiger partial charge in [0.05, 0.1) is 18.4 Å². The molecule has 162 valence electrons. The molecule has 2 heterocycles. The summed E-state index contributed by atoms with van der Waals surface area (Å²) < 4.78 is 18.4. The molecule has 0 spiro atoms. The summed E-state index contributed by atoms with van der Waals surface area (Å²) in [5, 5.41) is 13.4. The fraction of sp³-hybridized carbons (Fsp3) is 0.905. The maximum Gasteiger partial charge on any atom is 0.190 e. The molecule has 1 saturated carbocycles. The molecule has 0 aromatic carbocycles. The second kappa shape index (κ2) is 8.88. The lowest BCUT2D eigenvalue weighted by Gasteiger charge is -2.57. The predicted molar refractivity (Wildman–Crippen MR) is 107 cm³/mol. The lowest BCUT2D eigenvalue weighted by molar-refractivity contribution is -0.381.